The Kier molecular flexibility index (Phi) is 4.28. The monoisotopic (exact) mass is 371 g/mol. The lowest BCUT2D eigenvalue weighted by Crippen LogP contribution is -2.31. The first-order valence-electron chi connectivity index (χ1n) is 8.51. The fourth-order valence-electron chi connectivity index (χ4n) is 3.59. The van der Waals surface area contributed by atoms with Gasteiger partial charge in [-0.1, -0.05) is 34.0 Å². The Bertz CT molecular complexity index is 943. The predicted molar refractivity (Wildman–Crippen MR) is 95.9 cm³/mol. The third-order valence-electron chi connectivity index (χ3n) is 4.80. The Balaban J connectivity index is 1.63. The van der Waals surface area contributed by atoms with Crippen LogP contribution in [0.2, 0.25) is 5.02 Å². The molecule has 1 amide bonds. The Morgan fingerprint density at radius 3 is 2.77 bits per heavy atom. The van der Waals surface area contributed by atoms with Gasteiger partial charge in [0.15, 0.2) is 11.5 Å². The molecule has 0 aliphatic carbocycles. The van der Waals surface area contributed by atoms with E-state index in [4.69, 9.17) is 20.6 Å². The summed E-state index contributed by atoms with van der Waals surface area (Å²) in [6.45, 7) is 4.45. The van der Waals surface area contributed by atoms with E-state index >= 15 is 0 Å². The maximum atomic E-state index is 13.0. The van der Waals surface area contributed by atoms with Gasteiger partial charge in [-0.3, -0.25) is 4.79 Å². The Labute approximate surface area is 155 Å². The predicted octanol–water partition coefficient (Wildman–Crippen LogP) is 4.58. The molecule has 7 heteroatoms. The van der Waals surface area contributed by atoms with Crippen LogP contribution in [-0.2, 0) is 0 Å². The van der Waals surface area contributed by atoms with Crippen molar-refractivity contribution in [3.05, 3.63) is 58.1 Å². The Morgan fingerprint density at radius 2 is 2.04 bits per heavy atom. The second-order valence-electron chi connectivity index (χ2n) is 6.45. The molecule has 3 aromatic rings. The van der Waals surface area contributed by atoms with Crippen LogP contribution in [-0.4, -0.2) is 27.7 Å². The van der Waals surface area contributed by atoms with Crippen LogP contribution in [0.5, 0.6) is 0 Å². The van der Waals surface area contributed by atoms with Crippen LogP contribution in [0.25, 0.3) is 11.3 Å². The number of halogens is 1. The van der Waals surface area contributed by atoms with E-state index in [0.717, 1.165) is 29.9 Å². The van der Waals surface area contributed by atoms with E-state index < -0.39 is 0 Å². The van der Waals surface area contributed by atoms with Crippen LogP contribution >= 0.6 is 11.6 Å². The first kappa shape index (κ1) is 16.8. The molecule has 1 aliphatic heterocycles. The Morgan fingerprint density at radius 1 is 1.23 bits per heavy atom. The zero-order chi connectivity index (χ0) is 18.3. The summed E-state index contributed by atoms with van der Waals surface area (Å²) in [5.41, 5.74) is 2.80. The van der Waals surface area contributed by atoms with Gasteiger partial charge in [-0.05, 0) is 38.8 Å². The molecule has 2 aromatic heterocycles. The fourth-order valence-corrected chi connectivity index (χ4v) is 3.82. The number of benzene rings is 1. The summed E-state index contributed by atoms with van der Waals surface area (Å²) in [6, 6.07) is 8.90. The van der Waals surface area contributed by atoms with Gasteiger partial charge in [-0.25, -0.2) is 0 Å². The smallest absolute Gasteiger partial charge is 0.276 e. The molecular weight excluding hydrogens is 354 g/mol. The van der Waals surface area contributed by atoms with Crippen molar-refractivity contribution in [3.63, 3.8) is 0 Å². The number of rotatable bonds is 3. The molecule has 0 radical (unpaired) electrons. The van der Waals surface area contributed by atoms with E-state index in [1.165, 1.54) is 0 Å². The average Bonchev–Trinajstić information content (AvgIpc) is 3.35. The molecule has 3 heterocycles. The van der Waals surface area contributed by atoms with E-state index in [2.05, 4.69) is 10.3 Å². The standard InChI is InChI=1S/C19H18ClN3O3/c1-11-18(12(2)25-21-11)16-8-5-9-23(16)19(24)15-10-17(26-22-15)13-6-3-4-7-14(13)20/h3-4,6-7,10,16H,5,8-9H2,1-2H3/t16-/m0/s1. The largest absolute Gasteiger partial charge is 0.361 e. The molecule has 1 saturated heterocycles. The fraction of sp³-hybridized carbons (Fsp3) is 0.316. The van der Waals surface area contributed by atoms with Gasteiger partial charge < -0.3 is 13.9 Å². The van der Waals surface area contributed by atoms with Crippen LogP contribution in [0.15, 0.2) is 39.4 Å². The van der Waals surface area contributed by atoms with Gasteiger partial charge in [0, 0.05) is 23.7 Å². The summed E-state index contributed by atoms with van der Waals surface area (Å²) >= 11 is 6.20. The molecule has 0 bridgehead atoms. The van der Waals surface area contributed by atoms with Crippen molar-refractivity contribution in [2.24, 2.45) is 0 Å². The molecule has 1 fully saturated rings. The number of aromatic nitrogens is 2. The molecule has 134 valence electrons. The molecule has 26 heavy (non-hydrogen) atoms. The second-order valence-corrected chi connectivity index (χ2v) is 6.86. The van der Waals surface area contributed by atoms with Crippen molar-refractivity contribution in [3.8, 4) is 11.3 Å². The lowest BCUT2D eigenvalue weighted by molar-refractivity contribution is 0.0724. The molecule has 0 unspecified atom stereocenters. The van der Waals surface area contributed by atoms with Crippen molar-refractivity contribution in [2.45, 2.75) is 32.7 Å². The molecule has 0 spiro atoms. The zero-order valence-electron chi connectivity index (χ0n) is 14.5. The maximum absolute atomic E-state index is 13.0. The van der Waals surface area contributed by atoms with E-state index in [9.17, 15) is 4.79 Å². The zero-order valence-corrected chi connectivity index (χ0v) is 15.3. The van der Waals surface area contributed by atoms with E-state index in [0.29, 0.717) is 22.9 Å². The van der Waals surface area contributed by atoms with Crippen molar-refractivity contribution >= 4 is 17.5 Å². The van der Waals surface area contributed by atoms with Gasteiger partial charge in [0.2, 0.25) is 0 Å². The normalized spacial score (nSPS) is 17.0. The number of likely N-dealkylation sites (tertiary alicyclic amines) is 1. The van der Waals surface area contributed by atoms with Crippen molar-refractivity contribution in [1.82, 2.24) is 15.2 Å². The van der Waals surface area contributed by atoms with Crippen molar-refractivity contribution < 1.29 is 13.8 Å². The van der Waals surface area contributed by atoms with Gasteiger partial charge in [-0.15, -0.1) is 0 Å². The number of amides is 1. The van der Waals surface area contributed by atoms with Crippen LogP contribution < -0.4 is 0 Å². The highest BCUT2D eigenvalue weighted by molar-refractivity contribution is 6.33. The van der Waals surface area contributed by atoms with Crippen LogP contribution in [0.1, 0.15) is 46.4 Å². The minimum Gasteiger partial charge on any atom is -0.361 e. The number of carbonyl (C=O) groups is 1. The molecule has 4 rings (SSSR count). The van der Waals surface area contributed by atoms with E-state index in [-0.39, 0.29) is 17.6 Å². The maximum Gasteiger partial charge on any atom is 0.276 e. The van der Waals surface area contributed by atoms with E-state index in [1.54, 1.807) is 12.1 Å². The summed E-state index contributed by atoms with van der Waals surface area (Å²) in [5.74, 6) is 1.07. The van der Waals surface area contributed by atoms with Gasteiger partial charge >= 0.3 is 0 Å². The average molecular weight is 372 g/mol. The van der Waals surface area contributed by atoms with Crippen LogP contribution in [0, 0.1) is 13.8 Å². The number of hydrogen-bond donors (Lipinski definition) is 0. The highest BCUT2D eigenvalue weighted by Gasteiger charge is 2.35. The first-order chi connectivity index (χ1) is 12.6. The lowest BCUT2D eigenvalue weighted by atomic mass is 10.0. The van der Waals surface area contributed by atoms with E-state index in [1.807, 2.05) is 36.9 Å². The summed E-state index contributed by atoms with van der Waals surface area (Å²) in [5, 5.41) is 8.55. The minimum absolute atomic E-state index is 0.0470. The molecule has 6 nitrogen and oxygen atoms in total. The molecular formula is C19H18ClN3O3. The highest BCUT2D eigenvalue weighted by Crippen LogP contribution is 2.37. The van der Waals surface area contributed by atoms with Crippen LogP contribution in [0.3, 0.4) is 0 Å². The van der Waals surface area contributed by atoms with Gasteiger partial charge in [0.1, 0.15) is 5.76 Å². The summed E-state index contributed by atoms with van der Waals surface area (Å²) in [6.07, 6.45) is 1.81. The molecule has 1 aliphatic rings. The molecule has 1 atom stereocenters. The SMILES string of the molecule is Cc1noc(C)c1[C@@H]1CCCN1C(=O)c1cc(-c2ccccc2Cl)on1. The number of carbonyl (C=O) groups excluding carboxylic acids is 1. The summed E-state index contributed by atoms with van der Waals surface area (Å²) < 4.78 is 10.7. The second kappa shape index (κ2) is 6.61. The first-order valence-corrected chi connectivity index (χ1v) is 8.89. The molecule has 1 aromatic carbocycles. The summed E-state index contributed by atoms with van der Waals surface area (Å²) in [4.78, 5) is 14.8. The quantitative estimate of drug-likeness (QED) is 0.673. The van der Waals surface area contributed by atoms with Gasteiger partial charge in [0.25, 0.3) is 5.91 Å². The third-order valence-corrected chi connectivity index (χ3v) is 5.13. The molecule has 0 saturated carbocycles. The Hall–Kier alpha value is -2.60. The van der Waals surface area contributed by atoms with Crippen molar-refractivity contribution in [2.75, 3.05) is 6.54 Å². The van der Waals surface area contributed by atoms with Crippen LogP contribution in [0.4, 0.5) is 0 Å². The summed E-state index contributed by atoms with van der Waals surface area (Å²) in [7, 11) is 0. The topological polar surface area (TPSA) is 72.4 Å². The number of nitrogens with zero attached hydrogens (tertiary/aromatic N) is 3. The van der Waals surface area contributed by atoms with Crippen molar-refractivity contribution in [1.29, 1.82) is 0 Å². The highest BCUT2D eigenvalue weighted by atomic mass is 35.5. The third kappa shape index (κ3) is 2.80. The van der Waals surface area contributed by atoms with Gasteiger partial charge in [-0.2, -0.15) is 0 Å². The minimum atomic E-state index is -0.158. The lowest BCUT2D eigenvalue weighted by Gasteiger charge is -2.23. The molecule has 0 N–H and O–H groups in total. The number of hydrogen-bond acceptors (Lipinski definition) is 5. The van der Waals surface area contributed by atoms with Gasteiger partial charge in [0.05, 0.1) is 16.8 Å². The number of aryl methyl sites for hydroxylation is 2.